The van der Waals surface area contributed by atoms with E-state index in [1.165, 1.54) is 0 Å². The molecule has 1 aromatic heterocycles. The first-order valence-corrected chi connectivity index (χ1v) is 9.48. The molecule has 3 rings (SSSR count). The van der Waals surface area contributed by atoms with Crippen molar-refractivity contribution in [3.63, 3.8) is 0 Å². The number of anilines is 1. The summed E-state index contributed by atoms with van der Waals surface area (Å²) in [6.45, 7) is 1.63. The number of aromatic nitrogens is 1. The van der Waals surface area contributed by atoms with E-state index in [4.69, 9.17) is 4.74 Å². The molecule has 31 heavy (non-hydrogen) atoms. The highest BCUT2D eigenvalue weighted by Gasteiger charge is 2.25. The molecule has 0 atom stereocenters. The van der Waals surface area contributed by atoms with Gasteiger partial charge in [0, 0.05) is 44.1 Å². The van der Waals surface area contributed by atoms with Crippen LogP contribution < -0.4 is 15.2 Å². The molecule has 0 radical (unpaired) electrons. The van der Waals surface area contributed by atoms with E-state index in [9.17, 15) is 24.5 Å². The zero-order valence-electron chi connectivity index (χ0n) is 17.1. The molecule has 1 aliphatic heterocycles. The van der Waals surface area contributed by atoms with Crippen molar-refractivity contribution in [2.75, 3.05) is 45.3 Å². The van der Waals surface area contributed by atoms with Crippen molar-refractivity contribution in [2.24, 2.45) is 0 Å². The number of ether oxygens (including phenoxy) is 2. The normalized spacial score (nSPS) is 13.6. The number of piperazine rings is 1. The summed E-state index contributed by atoms with van der Waals surface area (Å²) in [5, 5.41) is 11.2. The second-order valence-corrected chi connectivity index (χ2v) is 6.86. The molecule has 0 unspecified atom stereocenters. The minimum atomic E-state index is -0.956. The summed E-state index contributed by atoms with van der Waals surface area (Å²) >= 11 is 0. The first kappa shape index (κ1) is 21.8. The average Bonchev–Trinajstić information content (AvgIpc) is 2.79. The summed E-state index contributed by atoms with van der Waals surface area (Å²) in [4.78, 5) is 50.9. The van der Waals surface area contributed by atoms with Gasteiger partial charge in [0.15, 0.2) is 0 Å². The Balaban J connectivity index is 1.70. The maximum absolute atomic E-state index is 12.7. The Morgan fingerprint density at radius 3 is 2.29 bits per heavy atom. The largest absolute Gasteiger partial charge is 0.497 e. The molecular weight excluding hydrogens is 408 g/mol. The van der Waals surface area contributed by atoms with Crippen molar-refractivity contribution >= 4 is 23.3 Å². The number of rotatable bonds is 6. The quantitative estimate of drug-likeness (QED) is 0.376. The Kier molecular flexibility index (Phi) is 6.53. The van der Waals surface area contributed by atoms with Crippen LogP contribution in [0.5, 0.6) is 5.75 Å². The minimum absolute atomic E-state index is 0.175. The second kappa shape index (κ2) is 9.28. The first-order valence-electron chi connectivity index (χ1n) is 9.48. The SMILES string of the molecule is COC(=O)c1cc([N+](=O)[O-])c(=O)n(CC(=O)N2CCN(c3ccc(OC)cc3)CC2)c1. The molecule has 0 aliphatic carbocycles. The maximum Gasteiger partial charge on any atom is 0.339 e. The number of nitro groups is 1. The summed E-state index contributed by atoms with van der Waals surface area (Å²) < 4.78 is 10.6. The number of carbonyl (C=O) groups excluding carboxylic acids is 2. The third kappa shape index (κ3) is 4.82. The molecule has 0 saturated carbocycles. The zero-order chi connectivity index (χ0) is 22.5. The van der Waals surface area contributed by atoms with Gasteiger partial charge in [0.05, 0.1) is 24.7 Å². The van der Waals surface area contributed by atoms with Crippen LogP contribution in [0.2, 0.25) is 0 Å². The molecule has 1 aliphatic rings. The van der Waals surface area contributed by atoms with E-state index in [0.717, 1.165) is 35.4 Å². The third-order valence-electron chi connectivity index (χ3n) is 5.06. The van der Waals surface area contributed by atoms with Gasteiger partial charge in [-0.3, -0.25) is 24.3 Å². The van der Waals surface area contributed by atoms with Gasteiger partial charge in [0.1, 0.15) is 12.3 Å². The van der Waals surface area contributed by atoms with Gasteiger partial charge in [0.2, 0.25) is 5.91 Å². The molecule has 0 bridgehead atoms. The van der Waals surface area contributed by atoms with Crippen molar-refractivity contribution in [2.45, 2.75) is 6.54 Å². The number of hydrogen-bond donors (Lipinski definition) is 0. The fourth-order valence-electron chi connectivity index (χ4n) is 3.35. The number of esters is 1. The highest BCUT2D eigenvalue weighted by molar-refractivity contribution is 5.89. The predicted octanol–water partition coefficient (Wildman–Crippen LogP) is 0.900. The van der Waals surface area contributed by atoms with E-state index in [2.05, 4.69) is 9.64 Å². The lowest BCUT2D eigenvalue weighted by Crippen LogP contribution is -2.50. The van der Waals surface area contributed by atoms with Gasteiger partial charge < -0.3 is 19.3 Å². The molecule has 11 heteroatoms. The number of pyridine rings is 1. The average molecular weight is 430 g/mol. The standard InChI is InChI=1S/C20H22N4O7/c1-30-16-5-3-15(4-6-16)21-7-9-22(10-8-21)18(25)13-23-12-14(20(27)31-2)11-17(19(23)26)24(28)29/h3-6,11-12H,7-10,13H2,1-2H3. The van der Waals surface area contributed by atoms with Crippen molar-refractivity contribution < 1.29 is 24.0 Å². The monoisotopic (exact) mass is 430 g/mol. The molecule has 2 aromatic rings. The van der Waals surface area contributed by atoms with Gasteiger partial charge in [0.25, 0.3) is 0 Å². The van der Waals surface area contributed by atoms with Crippen LogP contribution in [-0.4, -0.2) is 66.7 Å². The summed E-state index contributed by atoms with van der Waals surface area (Å²) in [5.74, 6) is -0.448. The molecule has 1 saturated heterocycles. The number of benzene rings is 1. The van der Waals surface area contributed by atoms with E-state index >= 15 is 0 Å². The van der Waals surface area contributed by atoms with Crippen molar-refractivity contribution in [1.29, 1.82) is 0 Å². The Hall–Kier alpha value is -3.89. The lowest BCUT2D eigenvalue weighted by molar-refractivity contribution is -0.386. The van der Waals surface area contributed by atoms with Crippen LogP contribution in [0.1, 0.15) is 10.4 Å². The number of nitrogens with zero attached hydrogens (tertiary/aromatic N) is 4. The van der Waals surface area contributed by atoms with E-state index in [-0.39, 0.29) is 11.5 Å². The van der Waals surface area contributed by atoms with E-state index in [1.807, 2.05) is 24.3 Å². The molecule has 164 valence electrons. The molecule has 1 amide bonds. The van der Waals surface area contributed by atoms with E-state index in [0.29, 0.717) is 26.2 Å². The Morgan fingerprint density at radius 1 is 1.10 bits per heavy atom. The summed E-state index contributed by atoms with van der Waals surface area (Å²) in [6, 6.07) is 8.45. The minimum Gasteiger partial charge on any atom is -0.497 e. The summed E-state index contributed by atoms with van der Waals surface area (Å²) in [6.07, 6.45) is 1.10. The Morgan fingerprint density at radius 2 is 1.74 bits per heavy atom. The number of amides is 1. The van der Waals surface area contributed by atoms with Gasteiger partial charge in [-0.25, -0.2) is 4.79 Å². The topological polar surface area (TPSA) is 124 Å². The summed E-state index contributed by atoms with van der Waals surface area (Å²) in [7, 11) is 2.72. The van der Waals surface area contributed by atoms with Crippen LogP contribution in [0.25, 0.3) is 0 Å². The van der Waals surface area contributed by atoms with Crippen LogP contribution in [0.3, 0.4) is 0 Å². The van der Waals surface area contributed by atoms with Crippen molar-refractivity contribution in [3.8, 4) is 5.75 Å². The maximum atomic E-state index is 12.7. The van der Waals surface area contributed by atoms with Crippen LogP contribution in [-0.2, 0) is 16.1 Å². The fourth-order valence-corrected chi connectivity index (χ4v) is 3.35. The number of hydrogen-bond acceptors (Lipinski definition) is 8. The van der Waals surface area contributed by atoms with Crippen molar-refractivity contribution in [1.82, 2.24) is 9.47 Å². The second-order valence-electron chi connectivity index (χ2n) is 6.86. The lowest BCUT2D eigenvalue weighted by atomic mass is 10.2. The Bertz CT molecular complexity index is 1040. The fraction of sp³-hybridized carbons (Fsp3) is 0.350. The van der Waals surface area contributed by atoms with Crippen LogP contribution in [0.15, 0.2) is 41.3 Å². The van der Waals surface area contributed by atoms with Crippen LogP contribution in [0, 0.1) is 10.1 Å². The molecule has 0 N–H and O–H groups in total. The van der Waals surface area contributed by atoms with Gasteiger partial charge in [-0.15, -0.1) is 0 Å². The third-order valence-corrected chi connectivity index (χ3v) is 5.06. The lowest BCUT2D eigenvalue weighted by Gasteiger charge is -2.36. The molecule has 2 heterocycles. The van der Waals surface area contributed by atoms with Crippen LogP contribution in [0.4, 0.5) is 11.4 Å². The predicted molar refractivity (Wildman–Crippen MR) is 110 cm³/mol. The molecule has 11 nitrogen and oxygen atoms in total. The van der Waals surface area contributed by atoms with Gasteiger partial charge in [-0.05, 0) is 24.3 Å². The van der Waals surface area contributed by atoms with Gasteiger partial charge in [-0.1, -0.05) is 0 Å². The Labute approximate surface area is 177 Å². The molecular formula is C20H22N4O7. The van der Waals surface area contributed by atoms with Crippen molar-refractivity contribution in [3.05, 3.63) is 62.6 Å². The number of carbonyl (C=O) groups is 2. The highest BCUT2D eigenvalue weighted by Crippen LogP contribution is 2.20. The molecule has 0 spiro atoms. The smallest absolute Gasteiger partial charge is 0.339 e. The van der Waals surface area contributed by atoms with Crippen LogP contribution >= 0.6 is 0 Å². The molecule has 1 fully saturated rings. The number of methoxy groups -OCH3 is 2. The van der Waals surface area contributed by atoms with Gasteiger partial charge in [-0.2, -0.15) is 0 Å². The molecule has 1 aromatic carbocycles. The zero-order valence-corrected chi connectivity index (χ0v) is 17.1. The highest BCUT2D eigenvalue weighted by atomic mass is 16.6. The first-order chi connectivity index (χ1) is 14.8. The van der Waals surface area contributed by atoms with E-state index in [1.54, 1.807) is 12.0 Å². The van der Waals surface area contributed by atoms with E-state index < -0.39 is 28.7 Å². The van der Waals surface area contributed by atoms with Gasteiger partial charge >= 0.3 is 17.2 Å². The summed E-state index contributed by atoms with van der Waals surface area (Å²) in [5.41, 5.74) is -0.917.